The van der Waals surface area contributed by atoms with Gasteiger partial charge in [-0.3, -0.25) is 0 Å². The van der Waals surface area contributed by atoms with Crippen LogP contribution in [-0.2, 0) is 6.54 Å². The quantitative estimate of drug-likeness (QED) is 0.849. The van der Waals surface area contributed by atoms with Gasteiger partial charge in [0.1, 0.15) is 0 Å². The van der Waals surface area contributed by atoms with E-state index in [1.165, 1.54) is 25.7 Å². The third-order valence-corrected chi connectivity index (χ3v) is 4.53. The maximum absolute atomic E-state index is 6.02. The van der Waals surface area contributed by atoms with E-state index in [1.807, 2.05) is 28.9 Å². The second kappa shape index (κ2) is 3.79. The summed E-state index contributed by atoms with van der Waals surface area (Å²) >= 11 is 0. The first-order valence-electron chi connectivity index (χ1n) is 6.90. The summed E-state index contributed by atoms with van der Waals surface area (Å²) in [7, 11) is 0. The van der Waals surface area contributed by atoms with E-state index in [4.69, 9.17) is 5.73 Å². The van der Waals surface area contributed by atoms with Gasteiger partial charge in [0.05, 0.1) is 6.54 Å². The van der Waals surface area contributed by atoms with Crippen LogP contribution in [0.4, 0.5) is 5.69 Å². The van der Waals surface area contributed by atoms with Crippen molar-refractivity contribution in [2.24, 2.45) is 11.3 Å². The lowest BCUT2D eigenvalue weighted by molar-refractivity contribution is 0.348. The van der Waals surface area contributed by atoms with Crippen LogP contribution >= 0.6 is 0 Å². The monoisotopic (exact) mass is 255 g/mol. The highest BCUT2D eigenvalue weighted by atomic mass is 15.5. The highest BCUT2D eigenvalue weighted by Crippen LogP contribution is 2.62. The normalized spacial score (nSPS) is 20.4. The molecular weight excluding hydrogens is 238 g/mol. The molecule has 98 valence electrons. The maximum Gasteiger partial charge on any atom is 0.184 e. The summed E-state index contributed by atoms with van der Waals surface area (Å²) in [5.74, 6) is 1.70. The number of nitrogen functional groups attached to an aromatic ring is 1. The number of aromatic nitrogens is 4. The maximum atomic E-state index is 6.02. The molecule has 0 unspecified atom stereocenters. The molecule has 2 aliphatic rings. The molecule has 1 heterocycles. The van der Waals surface area contributed by atoms with Crippen LogP contribution in [-0.4, -0.2) is 20.2 Å². The van der Waals surface area contributed by atoms with E-state index < -0.39 is 0 Å². The average molecular weight is 255 g/mol. The van der Waals surface area contributed by atoms with Gasteiger partial charge in [0.25, 0.3) is 0 Å². The van der Waals surface area contributed by atoms with Crippen LogP contribution in [0, 0.1) is 11.3 Å². The molecule has 1 aromatic carbocycles. The molecule has 2 saturated carbocycles. The second-order valence-electron chi connectivity index (χ2n) is 5.88. The molecule has 0 radical (unpaired) electrons. The van der Waals surface area contributed by atoms with E-state index in [1.54, 1.807) is 0 Å². The molecule has 0 bridgehead atoms. The fraction of sp³-hybridized carbons (Fsp3) is 0.500. The standard InChI is InChI=1S/C14H17N5/c15-12-4-2-1-3-11(12)13-16-17-18-19(13)9-14(7-8-14)10-5-6-10/h1-4,10H,5-9,15H2. The molecule has 0 aliphatic heterocycles. The van der Waals surface area contributed by atoms with Gasteiger partial charge in [0, 0.05) is 11.3 Å². The molecule has 0 spiro atoms. The molecule has 2 fully saturated rings. The lowest BCUT2D eigenvalue weighted by Crippen LogP contribution is -2.16. The van der Waals surface area contributed by atoms with Gasteiger partial charge in [-0.1, -0.05) is 12.1 Å². The molecule has 5 heteroatoms. The number of nitrogens with two attached hydrogens (primary N) is 1. The Labute approximate surface area is 111 Å². The van der Waals surface area contributed by atoms with E-state index in [9.17, 15) is 0 Å². The van der Waals surface area contributed by atoms with Gasteiger partial charge in [-0.15, -0.1) is 5.10 Å². The number of nitrogens with zero attached hydrogens (tertiary/aromatic N) is 4. The first-order chi connectivity index (χ1) is 9.28. The third-order valence-electron chi connectivity index (χ3n) is 4.53. The minimum Gasteiger partial charge on any atom is -0.398 e. The minimum atomic E-state index is 0.480. The van der Waals surface area contributed by atoms with Crippen LogP contribution in [0.5, 0.6) is 0 Å². The lowest BCUT2D eigenvalue weighted by atomic mass is 10.0. The second-order valence-corrected chi connectivity index (χ2v) is 5.88. The molecular formula is C14H17N5. The van der Waals surface area contributed by atoms with Gasteiger partial charge in [-0.2, -0.15) is 0 Å². The summed E-state index contributed by atoms with van der Waals surface area (Å²) in [5.41, 5.74) is 8.16. The van der Waals surface area contributed by atoms with E-state index in [2.05, 4.69) is 15.5 Å². The van der Waals surface area contributed by atoms with Crippen molar-refractivity contribution in [3.05, 3.63) is 24.3 Å². The zero-order valence-electron chi connectivity index (χ0n) is 10.8. The number of hydrogen-bond acceptors (Lipinski definition) is 4. The Balaban J connectivity index is 1.68. The van der Waals surface area contributed by atoms with Crippen molar-refractivity contribution in [2.45, 2.75) is 32.2 Å². The Morgan fingerprint density at radius 1 is 1.26 bits per heavy atom. The fourth-order valence-corrected chi connectivity index (χ4v) is 3.05. The van der Waals surface area contributed by atoms with Crippen LogP contribution in [0.25, 0.3) is 11.4 Å². The molecule has 19 heavy (non-hydrogen) atoms. The van der Waals surface area contributed by atoms with E-state index in [0.717, 1.165) is 29.5 Å². The summed E-state index contributed by atoms with van der Waals surface area (Å²) in [4.78, 5) is 0. The summed E-state index contributed by atoms with van der Waals surface area (Å²) in [6.45, 7) is 0.939. The predicted octanol–water partition coefficient (Wildman–Crippen LogP) is 2.11. The number of para-hydroxylation sites is 1. The lowest BCUT2D eigenvalue weighted by Gasteiger charge is -2.15. The van der Waals surface area contributed by atoms with Gasteiger partial charge in [-0.25, -0.2) is 4.68 Å². The Bertz CT molecular complexity index is 610. The zero-order valence-corrected chi connectivity index (χ0v) is 10.8. The summed E-state index contributed by atoms with van der Waals surface area (Å²) in [6.07, 6.45) is 5.40. The summed E-state index contributed by atoms with van der Waals surface area (Å²) in [6, 6.07) is 7.77. The van der Waals surface area contributed by atoms with Gasteiger partial charge in [0.15, 0.2) is 5.82 Å². The molecule has 1 aromatic heterocycles. The van der Waals surface area contributed by atoms with Crippen molar-refractivity contribution >= 4 is 5.69 Å². The van der Waals surface area contributed by atoms with E-state index >= 15 is 0 Å². The van der Waals surface area contributed by atoms with Crippen molar-refractivity contribution in [2.75, 3.05) is 5.73 Å². The molecule has 2 N–H and O–H groups in total. The Morgan fingerprint density at radius 2 is 2.05 bits per heavy atom. The minimum absolute atomic E-state index is 0.480. The predicted molar refractivity (Wildman–Crippen MR) is 72.1 cm³/mol. The molecule has 0 atom stereocenters. The number of anilines is 1. The first kappa shape index (κ1) is 11.0. The highest BCUT2D eigenvalue weighted by Gasteiger charge is 2.54. The largest absolute Gasteiger partial charge is 0.398 e. The molecule has 5 nitrogen and oxygen atoms in total. The van der Waals surface area contributed by atoms with Crippen LogP contribution in [0.2, 0.25) is 0 Å². The zero-order chi connectivity index (χ0) is 12.9. The molecule has 2 aliphatic carbocycles. The SMILES string of the molecule is Nc1ccccc1-c1nnnn1CC1(C2CC2)CC1. The Kier molecular flexibility index (Phi) is 2.19. The Morgan fingerprint density at radius 3 is 2.74 bits per heavy atom. The molecule has 0 amide bonds. The van der Waals surface area contributed by atoms with Crippen LogP contribution < -0.4 is 5.73 Å². The summed E-state index contributed by atoms with van der Waals surface area (Å²) in [5, 5.41) is 12.2. The molecule has 2 aromatic rings. The Hall–Kier alpha value is -1.91. The summed E-state index contributed by atoms with van der Waals surface area (Å²) < 4.78 is 1.94. The fourth-order valence-electron chi connectivity index (χ4n) is 3.05. The van der Waals surface area contributed by atoms with Gasteiger partial charge in [0.2, 0.25) is 0 Å². The number of rotatable bonds is 4. The average Bonchev–Trinajstić information content (AvgIpc) is 3.29. The smallest absolute Gasteiger partial charge is 0.184 e. The van der Waals surface area contributed by atoms with Crippen LogP contribution in [0.15, 0.2) is 24.3 Å². The van der Waals surface area contributed by atoms with Crippen LogP contribution in [0.1, 0.15) is 25.7 Å². The van der Waals surface area contributed by atoms with Crippen LogP contribution in [0.3, 0.4) is 0 Å². The topological polar surface area (TPSA) is 69.6 Å². The van der Waals surface area contributed by atoms with Gasteiger partial charge >= 0.3 is 0 Å². The first-order valence-corrected chi connectivity index (χ1v) is 6.90. The number of hydrogen-bond donors (Lipinski definition) is 1. The number of tetrazole rings is 1. The molecule has 0 saturated heterocycles. The molecule has 4 rings (SSSR count). The van der Waals surface area contributed by atoms with Gasteiger partial charge in [-0.05, 0) is 59.6 Å². The van der Waals surface area contributed by atoms with Crippen molar-refractivity contribution in [3.63, 3.8) is 0 Å². The number of benzene rings is 1. The van der Waals surface area contributed by atoms with E-state index in [-0.39, 0.29) is 0 Å². The highest BCUT2D eigenvalue weighted by molar-refractivity contribution is 5.70. The van der Waals surface area contributed by atoms with Crippen molar-refractivity contribution in [3.8, 4) is 11.4 Å². The van der Waals surface area contributed by atoms with E-state index in [0.29, 0.717) is 5.41 Å². The van der Waals surface area contributed by atoms with Crippen molar-refractivity contribution in [1.29, 1.82) is 0 Å². The third kappa shape index (κ3) is 1.80. The van der Waals surface area contributed by atoms with Gasteiger partial charge < -0.3 is 5.73 Å². The van der Waals surface area contributed by atoms with Crippen molar-refractivity contribution in [1.82, 2.24) is 20.2 Å². The van der Waals surface area contributed by atoms with Crippen molar-refractivity contribution < 1.29 is 0 Å².